The lowest BCUT2D eigenvalue weighted by Crippen LogP contribution is -2.17. The average Bonchev–Trinajstić information content (AvgIpc) is 3.41. The molecule has 2 aromatic rings. The number of hydrogen-bond acceptors (Lipinski definition) is 6. The molecule has 0 aliphatic carbocycles. The highest BCUT2D eigenvalue weighted by Crippen LogP contribution is 2.34. The molecular weight excluding hydrogens is 396 g/mol. The molecule has 0 spiro atoms. The maximum absolute atomic E-state index is 8.71. The number of hydrogen-bond donors (Lipinski definition) is 0. The molecule has 0 bridgehead atoms. The van der Waals surface area contributed by atoms with Crippen LogP contribution in [0.15, 0.2) is 80.9 Å². The zero-order valence-corrected chi connectivity index (χ0v) is 16.6. The Morgan fingerprint density at radius 2 is 1.13 bits per heavy atom. The fourth-order valence-electron chi connectivity index (χ4n) is 3.70. The van der Waals surface area contributed by atoms with Gasteiger partial charge in [-0.2, -0.15) is 0 Å². The maximum atomic E-state index is 8.71. The molecule has 4 atom stereocenters. The van der Waals surface area contributed by atoms with E-state index in [2.05, 4.69) is 30.0 Å². The van der Waals surface area contributed by atoms with Crippen LogP contribution in [0.5, 0.6) is 0 Å². The van der Waals surface area contributed by atoms with E-state index in [0.717, 1.165) is 11.1 Å². The Bertz CT molecular complexity index is 974. The van der Waals surface area contributed by atoms with Gasteiger partial charge in [0.05, 0.1) is 19.5 Å². The molecule has 0 aromatic heterocycles. The molecule has 4 rings (SSSR count). The molecule has 0 saturated heterocycles. The molecule has 2 aromatic carbocycles. The quantitative estimate of drug-likeness (QED) is 0.336. The zero-order chi connectivity index (χ0) is 21.5. The minimum atomic E-state index is -0.340. The van der Waals surface area contributed by atoms with Crippen molar-refractivity contribution in [1.82, 2.24) is 0 Å². The molecule has 156 valence electrons. The summed E-state index contributed by atoms with van der Waals surface area (Å²) in [6.45, 7) is 0.387. The van der Waals surface area contributed by atoms with E-state index in [1.807, 2.05) is 60.7 Å². The first-order valence-corrected chi connectivity index (χ1v) is 9.86. The van der Waals surface area contributed by atoms with Gasteiger partial charge in [0.2, 0.25) is 0 Å². The summed E-state index contributed by atoms with van der Waals surface area (Å²) >= 11 is 0. The summed E-state index contributed by atoms with van der Waals surface area (Å²) in [7, 11) is 0. The standard InChI is InChI=1S/C21H20N8O2/c22-28-24-12-16-20(14-7-3-1-4-8-14)30-18(26-16)11-19-27-17(13-25-29-23)21(31-19)15-9-5-2-6-10-15/h1-10,16-17,20-21H,11-13H2/t16-,17-,20-,21-/m0/s1. The number of nitrogens with zero attached hydrogens (tertiary/aromatic N) is 8. The van der Waals surface area contributed by atoms with Gasteiger partial charge in [0.25, 0.3) is 0 Å². The van der Waals surface area contributed by atoms with Crippen LogP contribution >= 0.6 is 0 Å². The summed E-state index contributed by atoms with van der Waals surface area (Å²) in [5.74, 6) is 0.948. The first kappa shape index (κ1) is 20.3. The van der Waals surface area contributed by atoms with E-state index in [1.165, 1.54) is 0 Å². The van der Waals surface area contributed by atoms with Crippen molar-refractivity contribution in [2.24, 2.45) is 20.2 Å². The maximum Gasteiger partial charge on any atom is 0.193 e. The van der Waals surface area contributed by atoms with Crippen molar-refractivity contribution in [1.29, 1.82) is 0 Å². The van der Waals surface area contributed by atoms with Crippen LogP contribution in [0.4, 0.5) is 0 Å². The Morgan fingerprint density at radius 1 is 0.710 bits per heavy atom. The van der Waals surface area contributed by atoms with Crippen molar-refractivity contribution in [3.05, 3.63) is 92.7 Å². The van der Waals surface area contributed by atoms with Crippen LogP contribution < -0.4 is 0 Å². The van der Waals surface area contributed by atoms with Crippen LogP contribution in [0.3, 0.4) is 0 Å². The highest BCUT2D eigenvalue weighted by Gasteiger charge is 2.36. The fraction of sp³-hybridized carbons (Fsp3) is 0.333. The van der Waals surface area contributed by atoms with Crippen LogP contribution in [0, 0.1) is 0 Å². The first-order chi connectivity index (χ1) is 15.3. The lowest BCUT2D eigenvalue weighted by molar-refractivity contribution is 0.184. The van der Waals surface area contributed by atoms with Crippen LogP contribution in [0.2, 0.25) is 0 Å². The Labute approximate surface area is 178 Å². The molecule has 0 unspecified atom stereocenters. The molecule has 2 heterocycles. The number of azide groups is 2. The molecule has 2 aliphatic heterocycles. The summed E-state index contributed by atoms with van der Waals surface area (Å²) in [4.78, 5) is 14.9. The fourth-order valence-corrected chi connectivity index (χ4v) is 3.70. The second kappa shape index (κ2) is 9.67. The third kappa shape index (κ3) is 4.78. The Kier molecular flexibility index (Phi) is 6.32. The van der Waals surface area contributed by atoms with Crippen molar-refractivity contribution in [3.8, 4) is 0 Å². The second-order valence-electron chi connectivity index (χ2n) is 7.08. The van der Waals surface area contributed by atoms with E-state index in [4.69, 9.17) is 20.5 Å². The summed E-state index contributed by atoms with van der Waals surface area (Å²) in [6.07, 6.45) is -0.410. The Balaban J connectivity index is 1.52. The minimum Gasteiger partial charge on any atom is -0.470 e. The Morgan fingerprint density at radius 3 is 1.52 bits per heavy atom. The van der Waals surface area contributed by atoms with Gasteiger partial charge in [0.1, 0.15) is 24.3 Å². The van der Waals surface area contributed by atoms with E-state index >= 15 is 0 Å². The smallest absolute Gasteiger partial charge is 0.193 e. The molecule has 0 N–H and O–H groups in total. The van der Waals surface area contributed by atoms with Crippen molar-refractivity contribution in [2.75, 3.05) is 13.1 Å². The zero-order valence-electron chi connectivity index (χ0n) is 16.6. The SMILES string of the molecule is [N-]=[N+]=NC[C@@H]1N=C(CC2=N[C@@H](CN=[N+]=[N-])[C@H](c3ccccc3)O2)O[C@H]1c1ccccc1. The topological polar surface area (TPSA) is 141 Å². The molecule has 2 aliphatic rings. The third-order valence-electron chi connectivity index (χ3n) is 5.07. The minimum absolute atomic E-state index is 0.193. The van der Waals surface area contributed by atoms with E-state index in [-0.39, 0.29) is 43.8 Å². The van der Waals surface area contributed by atoms with Crippen LogP contribution in [-0.2, 0) is 9.47 Å². The number of ether oxygens (including phenoxy) is 2. The molecule has 10 heteroatoms. The van der Waals surface area contributed by atoms with Gasteiger partial charge >= 0.3 is 0 Å². The summed E-state index contributed by atoms with van der Waals surface area (Å²) in [6, 6.07) is 18.7. The molecule has 0 saturated carbocycles. The lowest BCUT2D eigenvalue weighted by atomic mass is 10.0. The molecular formula is C21H20N8O2. The predicted octanol–water partition coefficient (Wildman–Crippen LogP) is 5.07. The normalized spacial score (nSPS) is 24.1. The van der Waals surface area contributed by atoms with Crippen molar-refractivity contribution in [3.63, 3.8) is 0 Å². The molecule has 0 fully saturated rings. The van der Waals surface area contributed by atoms with Gasteiger partial charge in [-0.3, -0.25) is 0 Å². The van der Waals surface area contributed by atoms with E-state index in [9.17, 15) is 0 Å². The number of rotatable bonds is 8. The Hall–Kier alpha value is -4.00. The average molecular weight is 416 g/mol. The van der Waals surface area contributed by atoms with Gasteiger partial charge in [-0.15, -0.1) is 0 Å². The van der Waals surface area contributed by atoms with Gasteiger partial charge in [-0.1, -0.05) is 70.9 Å². The molecule has 0 amide bonds. The molecule has 0 radical (unpaired) electrons. The third-order valence-corrected chi connectivity index (χ3v) is 5.07. The molecule has 31 heavy (non-hydrogen) atoms. The summed E-state index contributed by atoms with van der Waals surface area (Å²) in [5, 5.41) is 7.36. The van der Waals surface area contributed by atoms with Gasteiger partial charge in [-0.05, 0) is 22.2 Å². The van der Waals surface area contributed by atoms with Gasteiger partial charge in [0, 0.05) is 9.82 Å². The highest BCUT2D eigenvalue weighted by molar-refractivity contribution is 5.98. The van der Waals surface area contributed by atoms with Gasteiger partial charge in [-0.25, -0.2) is 9.98 Å². The lowest BCUT2D eigenvalue weighted by Gasteiger charge is -2.17. The van der Waals surface area contributed by atoms with Crippen LogP contribution in [0.1, 0.15) is 29.8 Å². The largest absolute Gasteiger partial charge is 0.470 e. The van der Waals surface area contributed by atoms with Crippen LogP contribution in [0.25, 0.3) is 20.9 Å². The molecule has 10 nitrogen and oxygen atoms in total. The monoisotopic (exact) mass is 416 g/mol. The van der Waals surface area contributed by atoms with E-state index in [1.54, 1.807) is 0 Å². The van der Waals surface area contributed by atoms with E-state index in [0.29, 0.717) is 11.8 Å². The first-order valence-electron chi connectivity index (χ1n) is 9.86. The van der Waals surface area contributed by atoms with Crippen molar-refractivity contribution < 1.29 is 9.47 Å². The second-order valence-corrected chi connectivity index (χ2v) is 7.08. The van der Waals surface area contributed by atoms with Crippen molar-refractivity contribution in [2.45, 2.75) is 30.7 Å². The summed E-state index contributed by atoms with van der Waals surface area (Å²) in [5.41, 5.74) is 19.3. The van der Waals surface area contributed by atoms with Gasteiger partial charge < -0.3 is 9.47 Å². The number of aliphatic imine (C=N–C) groups is 2. The van der Waals surface area contributed by atoms with Crippen LogP contribution in [-0.4, -0.2) is 37.0 Å². The van der Waals surface area contributed by atoms with Gasteiger partial charge in [0.15, 0.2) is 11.8 Å². The summed E-state index contributed by atoms with van der Waals surface area (Å²) < 4.78 is 12.2. The van der Waals surface area contributed by atoms with E-state index < -0.39 is 0 Å². The number of benzene rings is 2. The highest BCUT2D eigenvalue weighted by atomic mass is 16.5. The predicted molar refractivity (Wildman–Crippen MR) is 116 cm³/mol. The van der Waals surface area contributed by atoms with Crippen molar-refractivity contribution >= 4 is 11.8 Å².